The van der Waals surface area contributed by atoms with Crippen molar-refractivity contribution in [3.05, 3.63) is 200 Å². The summed E-state index contributed by atoms with van der Waals surface area (Å²) < 4.78 is 6.15. The van der Waals surface area contributed by atoms with Gasteiger partial charge in [-0.25, -0.2) is 0 Å². The van der Waals surface area contributed by atoms with E-state index in [2.05, 4.69) is 193 Å². The summed E-state index contributed by atoms with van der Waals surface area (Å²) in [5.41, 5.74) is 12.2. The van der Waals surface area contributed by atoms with Crippen molar-refractivity contribution in [1.82, 2.24) is 0 Å². The number of rotatable bonds is 6. The third-order valence-corrected chi connectivity index (χ3v) is 10.2. The average molecular weight is 664 g/mol. The molecule has 0 N–H and O–H groups in total. The molecule has 0 aliphatic rings. The molecular weight excluding hydrogens is 631 g/mol. The molecule has 244 valence electrons. The smallest absolute Gasteiger partial charge is 0.135 e. The first-order chi connectivity index (χ1) is 25.7. The lowest BCUT2D eigenvalue weighted by molar-refractivity contribution is 0.669. The molecule has 0 saturated carbocycles. The van der Waals surface area contributed by atoms with Gasteiger partial charge in [0.15, 0.2) is 0 Å². The summed E-state index contributed by atoms with van der Waals surface area (Å²) >= 11 is 0. The van der Waals surface area contributed by atoms with Crippen molar-refractivity contribution in [2.75, 3.05) is 4.90 Å². The molecular formula is C50H33NO. The Balaban J connectivity index is 1.10. The molecule has 0 radical (unpaired) electrons. The average Bonchev–Trinajstić information content (AvgIpc) is 3.59. The summed E-state index contributed by atoms with van der Waals surface area (Å²) in [5, 5.41) is 7.24. The summed E-state index contributed by atoms with van der Waals surface area (Å²) in [6.07, 6.45) is 0. The Morgan fingerprint density at radius 3 is 1.63 bits per heavy atom. The van der Waals surface area contributed by atoms with Crippen LogP contribution in [0.1, 0.15) is 0 Å². The molecule has 10 aromatic rings. The summed E-state index contributed by atoms with van der Waals surface area (Å²) in [6.45, 7) is 0. The van der Waals surface area contributed by atoms with Gasteiger partial charge in [-0.05, 0) is 116 Å². The Morgan fingerprint density at radius 1 is 0.288 bits per heavy atom. The lowest BCUT2D eigenvalue weighted by Gasteiger charge is -2.27. The van der Waals surface area contributed by atoms with Gasteiger partial charge in [-0.3, -0.25) is 0 Å². The fourth-order valence-corrected chi connectivity index (χ4v) is 7.64. The van der Waals surface area contributed by atoms with Crippen molar-refractivity contribution in [3.63, 3.8) is 0 Å². The molecule has 0 saturated heterocycles. The zero-order chi connectivity index (χ0) is 34.4. The Hall–Kier alpha value is -6.90. The number of hydrogen-bond donors (Lipinski definition) is 0. The molecule has 0 atom stereocenters. The van der Waals surface area contributed by atoms with E-state index >= 15 is 0 Å². The standard InChI is InChI=1S/C50H33NO/c1-2-12-37-30-40(23-22-34(37)10-1)38-14-7-16-43(31-38)51(42-27-24-36(25-28-42)46-20-9-13-35-11-3-4-18-45(35)46)44-17-8-15-39(32-44)41-26-29-50-48(33-41)47-19-5-6-21-49(47)52-50/h1-33H. The molecule has 0 aliphatic carbocycles. The number of nitrogens with zero attached hydrogens (tertiary/aromatic N) is 1. The third kappa shape index (κ3) is 5.30. The lowest BCUT2D eigenvalue weighted by Crippen LogP contribution is -2.10. The maximum Gasteiger partial charge on any atom is 0.135 e. The maximum atomic E-state index is 6.15. The summed E-state index contributed by atoms with van der Waals surface area (Å²) in [5.74, 6) is 0. The topological polar surface area (TPSA) is 16.4 Å². The molecule has 2 heteroatoms. The van der Waals surface area contributed by atoms with Gasteiger partial charge in [0, 0.05) is 27.8 Å². The third-order valence-electron chi connectivity index (χ3n) is 10.2. The minimum atomic E-state index is 0.902. The molecule has 0 aliphatic heterocycles. The van der Waals surface area contributed by atoms with Gasteiger partial charge in [0.05, 0.1) is 0 Å². The van der Waals surface area contributed by atoms with Crippen LogP contribution in [0.15, 0.2) is 205 Å². The van der Waals surface area contributed by atoms with E-state index < -0.39 is 0 Å². The van der Waals surface area contributed by atoms with Gasteiger partial charge in [0.2, 0.25) is 0 Å². The van der Waals surface area contributed by atoms with Crippen molar-refractivity contribution in [2.24, 2.45) is 0 Å². The van der Waals surface area contributed by atoms with Crippen molar-refractivity contribution in [1.29, 1.82) is 0 Å². The first kappa shape index (κ1) is 30.0. The number of hydrogen-bond acceptors (Lipinski definition) is 2. The SMILES string of the molecule is c1cc(-c2ccc3ccccc3c2)cc(N(c2ccc(-c3cccc4ccccc34)cc2)c2cccc(-c3ccc4oc5ccccc5c4c3)c2)c1. The number of furan rings is 1. The van der Waals surface area contributed by atoms with Gasteiger partial charge in [-0.2, -0.15) is 0 Å². The molecule has 0 amide bonds. The zero-order valence-corrected chi connectivity index (χ0v) is 28.4. The second kappa shape index (κ2) is 12.5. The largest absolute Gasteiger partial charge is 0.456 e. The van der Waals surface area contributed by atoms with E-state index in [1.54, 1.807) is 0 Å². The zero-order valence-electron chi connectivity index (χ0n) is 28.4. The lowest BCUT2D eigenvalue weighted by atomic mass is 9.97. The van der Waals surface area contributed by atoms with E-state index in [9.17, 15) is 0 Å². The molecule has 0 fully saturated rings. The van der Waals surface area contributed by atoms with Gasteiger partial charge in [0.25, 0.3) is 0 Å². The van der Waals surface area contributed by atoms with Crippen molar-refractivity contribution < 1.29 is 4.42 Å². The van der Waals surface area contributed by atoms with Crippen molar-refractivity contribution >= 4 is 60.5 Å². The van der Waals surface area contributed by atoms with Crippen LogP contribution in [0.5, 0.6) is 0 Å². The van der Waals surface area contributed by atoms with Crippen LogP contribution >= 0.6 is 0 Å². The highest BCUT2D eigenvalue weighted by atomic mass is 16.3. The summed E-state index contributed by atoms with van der Waals surface area (Å²) in [6, 6.07) is 71.9. The quantitative estimate of drug-likeness (QED) is 0.176. The van der Waals surface area contributed by atoms with Crippen LogP contribution in [0.2, 0.25) is 0 Å². The maximum absolute atomic E-state index is 6.15. The molecule has 1 aromatic heterocycles. The highest BCUT2D eigenvalue weighted by Crippen LogP contribution is 2.41. The minimum absolute atomic E-state index is 0.902. The molecule has 1 heterocycles. The van der Waals surface area contributed by atoms with Crippen LogP contribution in [0.25, 0.3) is 76.9 Å². The molecule has 0 unspecified atom stereocenters. The Bertz CT molecular complexity index is 2910. The van der Waals surface area contributed by atoms with Gasteiger partial charge < -0.3 is 9.32 Å². The summed E-state index contributed by atoms with van der Waals surface area (Å²) in [4.78, 5) is 2.37. The Morgan fingerprint density at radius 2 is 0.846 bits per heavy atom. The van der Waals surface area contributed by atoms with Crippen LogP contribution in [-0.4, -0.2) is 0 Å². The van der Waals surface area contributed by atoms with Gasteiger partial charge in [-0.1, -0.05) is 140 Å². The van der Waals surface area contributed by atoms with Crippen LogP contribution in [0.3, 0.4) is 0 Å². The predicted molar refractivity (Wildman–Crippen MR) is 220 cm³/mol. The number of fused-ring (bicyclic) bond motifs is 5. The highest BCUT2D eigenvalue weighted by Gasteiger charge is 2.16. The second-order valence-corrected chi connectivity index (χ2v) is 13.4. The number of benzene rings is 9. The molecule has 0 spiro atoms. The van der Waals surface area contributed by atoms with E-state index in [-0.39, 0.29) is 0 Å². The fraction of sp³-hybridized carbons (Fsp3) is 0. The first-order valence-electron chi connectivity index (χ1n) is 17.7. The van der Waals surface area contributed by atoms with E-state index in [4.69, 9.17) is 4.42 Å². The van der Waals surface area contributed by atoms with E-state index in [0.29, 0.717) is 0 Å². The van der Waals surface area contributed by atoms with Gasteiger partial charge >= 0.3 is 0 Å². The highest BCUT2D eigenvalue weighted by molar-refractivity contribution is 6.06. The van der Waals surface area contributed by atoms with Crippen LogP contribution in [-0.2, 0) is 0 Å². The molecule has 52 heavy (non-hydrogen) atoms. The minimum Gasteiger partial charge on any atom is -0.456 e. The Kier molecular flexibility index (Phi) is 7.18. The van der Waals surface area contributed by atoms with E-state index in [1.165, 1.54) is 43.8 Å². The number of para-hydroxylation sites is 1. The molecule has 10 rings (SSSR count). The van der Waals surface area contributed by atoms with E-state index in [1.807, 2.05) is 12.1 Å². The van der Waals surface area contributed by atoms with Crippen molar-refractivity contribution in [2.45, 2.75) is 0 Å². The molecule has 2 nitrogen and oxygen atoms in total. The Labute approximate surface area is 302 Å². The van der Waals surface area contributed by atoms with Crippen LogP contribution in [0.4, 0.5) is 17.1 Å². The van der Waals surface area contributed by atoms with Gasteiger partial charge in [0.1, 0.15) is 11.2 Å². The molecule has 0 bridgehead atoms. The van der Waals surface area contributed by atoms with Crippen LogP contribution < -0.4 is 4.90 Å². The monoisotopic (exact) mass is 663 g/mol. The van der Waals surface area contributed by atoms with E-state index in [0.717, 1.165) is 50.1 Å². The normalized spacial score (nSPS) is 11.5. The first-order valence-corrected chi connectivity index (χ1v) is 17.7. The summed E-state index contributed by atoms with van der Waals surface area (Å²) in [7, 11) is 0. The van der Waals surface area contributed by atoms with Crippen LogP contribution in [0, 0.1) is 0 Å². The second-order valence-electron chi connectivity index (χ2n) is 13.4. The number of anilines is 3. The predicted octanol–water partition coefficient (Wildman–Crippen LogP) is 14.4. The van der Waals surface area contributed by atoms with Crippen molar-refractivity contribution in [3.8, 4) is 33.4 Å². The van der Waals surface area contributed by atoms with Gasteiger partial charge in [-0.15, -0.1) is 0 Å². The molecule has 9 aromatic carbocycles. The fourth-order valence-electron chi connectivity index (χ4n) is 7.64.